The number of thiophene rings is 1. The molecule has 164 valence electrons. The predicted molar refractivity (Wildman–Crippen MR) is 136 cm³/mol. The molecule has 33 heavy (non-hydrogen) atoms. The molecule has 0 saturated carbocycles. The molecule has 0 unspecified atom stereocenters. The summed E-state index contributed by atoms with van der Waals surface area (Å²) in [5.41, 5.74) is 4.25. The van der Waals surface area contributed by atoms with Crippen LogP contribution in [-0.4, -0.2) is 16.2 Å². The number of halogens is 1. The zero-order valence-electron chi connectivity index (χ0n) is 17.8. The molecule has 0 aliphatic rings. The lowest BCUT2D eigenvalue weighted by atomic mass is 10.0. The topological polar surface area (TPSA) is 44.1 Å². The van der Waals surface area contributed by atoms with Crippen LogP contribution >= 0.6 is 22.9 Å². The summed E-state index contributed by atoms with van der Waals surface area (Å²) >= 11 is 7.40. The van der Waals surface area contributed by atoms with Crippen LogP contribution in [0.25, 0.3) is 32.5 Å². The van der Waals surface area contributed by atoms with Crippen molar-refractivity contribution >= 4 is 33.2 Å². The summed E-state index contributed by atoms with van der Waals surface area (Å²) in [6, 6.07) is 25.8. The Bertz CT molecular complexity index is 1430. The van der Waals surface area contributed by atoms with Gasteiger partial charge in [0.15, 0.2) is 0 Å². The minimum atomic E-state index is -0.0186. The van der Waals surface area contributed by atoms with Gasteiger partial charge in [-0.3, -0.25) is 9.36 Å². The van der Waals surface area contributed by atoms with Crippen molar-refractivity contribution in [2.75, 3.05) is 6.61 Å². The van der Waals surface area contributed by atoms with E-state index in [1.54, 1.807) is 23.0 Å². The van der Waals surface area contributed by atoms with Crippen LogP contribution in [-0.2, 0) is 6.54 Å². The van der Waals surface area contributed by atoms with E-state index in [2.05, 4.69) is 41.4 Å². The first kappa shape index (κ1) is 21.4. The highest BCUT2D eigenvalue weighted by atomic mass is 35.5. The normalized spacial score (nSPS) is 11.1. The molecule has 4 nitrogen and oxygen atoms in total. The number of hydrogen-bond acceptors (Lipinski definition) is 4. The molecule has 0 fully saturated rings. The molecule has 5 aromatic rings. The molecule has 0 saturated heterocycles. The third-order valence-corrected chi connectivity index (χ3v) is 6.63. The van der Waals surface area contributed by atoms with Crippen LogP contribution in [0.1, 0.15) is 6.42 Å². The first-order chi connectivity index (χ1) is 16.2. The van der Waals surface area contributed by atoms with E-state index < -0.39 is 0 Å². The Morgan fingerprint density at radius 1 is 0.879 bits per heavy atom. The lowest BCUT2D eigenvalue weighted by Crippen LogP contribution is -2.21. The van der Waals surface area contributed by atoms with Crippen molar-refractivity contribution in [2.45, 2.75) is 13.0 Å². The monoisotopic (exact) mass is 472 g/mol. The molecule has 0 aliphatic carbocycles. The maximum Gasteiger partial charge on any atom is 0.262 e. The molecule has 0 atom stereocenters. The van der Waals surface area contributed by atoms with E-state index in [0.717, 1.165) is 27.3 Å². The fraction of sp³-hybridized carbons (Fsp3) is 0.111. The second-order valence-electron chi connectivity index (χ2n) is 7.67. The quantitative estimate of drug-likeness (QED) is 0.241. The Balaban J connectivity index is 1.34. The fourth-order valence-corrected chi connectivity index (χ4v) is 4.80. The van der Waals surface area contributed by atoms with E-state index in [1.165, 1.54) is 16.9 Å². The second-order valence-corrected chi connectivity index (χ2v) is 8.97. The lowest BCUT2D eigenvalue weighted by molar-refractivity contribution is 0.301. The molecular formula is C27H21ClN2O2S. The number of nitrogens with zero attached hydrogens (tertiary/aromatic N) is 2. The molecule has 6 heteroatoms. The summed E-state index contributed by atoms with van der Waals surface area (Å²) in [5.74, 6) is 0.763. The third kappa shape index (κ3) is 4.70. The van der Waals surface area contributed by atoms with Gasteiger partial charge in [-0.1, -0.05) is 66.2 Å². The Labute approximate surface area is 200 Å². The Hall–Kier alpha value is -3.41. The van der Waals surface area contributed by atoms with Crippen LogP contribution in [0.4, 0.5) is 0 Å². The third-order valence-electron chi connectivity index (χ3n) is 5.49. The van der Waals surface area contributed by atoms with Gasteiger partial charge in [0.05, 0.1) is 18.3 Å². The average Bonchev–Trinajstić information content (AvgIpc) is 3.30. The summed E-state index contributed by atoms with van der Waals surface area (Å²) in [4.78, 5) is 18.5. The van der Waals surface area contributed by atoms with E-state index in [-0.39, 0.29) is 5.56 Å². The van der Waals surface area contributed by atoms with Crippen LogP contribution in [0, 0.1) is 0 Å². The highest BCUT2D eigenvalue weighted by Crippen LogP contribution is 2.32. The SMILES string of the molecule is O=c1c2c(-c3ccc(-c4ccccc4)cc3)csc2ncn1CCCOc1ccc(Cl)cc1. The standard InChI is InChI=1S/C27H21ClN2O2S/c28-22-11-13-23(14-12-22)32-16-4-15-30-18-29-26-25(27(30)31)24(17-33-26)21-9-7-20(8-10-21)19-5-2-1-3-6-19/h1-3,5-14,17-18H,4,15-16H2. The van der Waals surface area contributed by atoms with Crippen molar-refractivity contribution < 1.29 is 4.74 Å². The smallest absolute Gasteiger partial charge is 0.262 e. The van der Waals surface area contributed by atoms with E-state index in [0.29, 0.717) is 30.0 Å². The molecule has 0 amide bonds. The van der Waals surface area contributed by atoms with Gasteiger partial charge in [0.1, 0.15) is 10.6 Å². The molecule has 3 aromatic carbocycles. The summed E-state index contributed by atoms with van der Waals surface area (Å²) in [7, 11) is 0. The summed E-state index contributed by atoms with van der Waals surface area (Å²) in [6.07, 6.45) is 2.33. The van der Waals surface area contributed by atoms with Crippen LogP contribution in [0.2, 0.25) is 5.02 Å². The van der Waals surface area contributed by atoms with Gasteiger partial charge in [0.2, 0.25) is 0 Å². The first-order valence-corrected chi connectivity index (χ1v) is 12.0. The molecule has 2 heterocycles. The van der Waals surface area contributed by atoms with Gasteiger partial charge in [-0.2, -0.15) is 0 Å². The molecule has 0 bridgehead atoms. The summed E-state index contributed by atoms with van der Waals surface area (Å²) in [5, 5.41) is 3.37. The Morgan fingerprint density at radius 3 is 2.33 bits per heavy atom. The van der Waals surface area contributed by atoms with E-state index in [1.807, 2.05) is 35.7 Å². The van der Waals surface area contributed by atoms with Gasteiger partial charge < -0.3 is 4.74 Å². The lowest BCUT2D eigenvalue weighted by Gasteiger charge is -2.08. The zero-order chi connectivity index (χ0) is 22.6. The van der Waals surface area contributed by atoms with Crippen molar-refractivity contribution in [3.63, 3.8) is 0 Å². The fourth-order valence-electron chi connectivity index (χ4n) is 3.77. The van der Waals surface area contributed by atoms with Crippen molar-refractivity contribution in [3.8, 4) is 28.0 Å². The number of rotatable bonds is 7. The van der Waals surface area contributed by atoms with E-state index in [4.69, 9.17) is 16.3 Å². The van der Waals surface area contributed by atoms with E-state index in [9.17, 15) is 4.79 Å². The number of aryl methyl sites for hydroxylation is 1. The molecule has 0 N–H and O–H groups in total. The maximum atomic E-state index is 13.2. The summed E-state index contributed by atoms with van der Waals surface area (Å²) in [6.45, 7) is 1.04. The van der Waals surface area contributed by atoms with Crippen LogP contribution in [0.3, 0.4) is 0 Å². The van der Waals surface area contributed by atoms with Crippen molar-refractivity contribution in [2.24, 2.45) is 0 Å². The second kappa shape index (κ2) is 9.61. The predicted octanol–water partition coefficient (Wildman–Crippen LogP) is 6.91. The van der Waals surface area contributed by atoms with Crippen LogP contribution < -0.4 is 10.3 Å². The number of hydrogen-bond donors (Lipinski definition) is 0. The molecule has 5 rings (SSSR count). The summed E-state index contributed by atoms with van der Waals surface area (Å²) < 4.78 is 7.41. The van der Waals surface area contributed by atoms with Crippen LogP contribution in [0.5, 0.6) is 5.75 Å². The maximum absolute atomic E-state index is 13.2. The van der Waals surface area contributed by atoms with Crippen molar-refractivity contribution in [1.82, 2.24) is 9.55 Å². The molecule has 0 aliphatic heterocycles. The largest absolute Gasteiger partial charge is 0.494 e. The van der Waals surface area contributed by atoms with Crippen LogP contribution in [0.15, 0.2) is 95.4 Å². The highest BCUT2D eigenvalue weighted by Gasteiger charge is 2.13. The average molecular weight is 473 g/mol. The Kier molecular flexibility index (Phi) is 6.24. The van der Waals surface area contributed by atoms with Gasteiger partial charge in [0, 0.05) is 22.5 Å². The molecule has 2 aromatic heterocycles. The van der Waals surface area contributed by atoms with Gasteiger partial charge in [-0.05, 0) is 47.4 Å². The Morgan fingerprint density at radius 2 is 1.58 bits per heavy atom. The van der Waals surface area contributed by atoms with Gasteiger partial charge in [-0.25, -0.2) is 4.98 Å². The number of benzene rings is 3. The number of fused-ring (bicyclic) bond motifs is 1. The molecule has 0 spiro atoms. The van der Waals surface area contributed by atoms with Crippen molar-refractivity contribution in [3.05, 3.63) is 106 Å². The number of ether oxygens (including phenoxy) is 1. The number of aromatic nitrogens is 2. The van der Waals surface area contributed by atoms with Gasteiger partial charge in [0.25, 0.3) is 5.56 Å². The molecular weight excluding hydrogens is 452 g/mol. The van der Waals surface area contributed by atoms with E-state index >= 15 is 0 Å². The van der Waals surface area contributed by atoms with Gasteiger partial charge >= 0.3 is 0 Å². The minimum Gasteiger partial charge on any atom is -0.494 e. The zero-order valence-corrected chi connectivity index (χ0v) is 19.4. The minimum absolute atomic E-state index is 0.0186. The van der Waals surface area contributed by atoms with Crippen molar-refractivity contribution in [1.29, 1.82) is 0 Å². The molecule has 0 radical (unpaired) electrons. The van der Waals surface area contributed by atoms with Gasteiger partial charge in [-0.15, -0.1) is 11.3 Å². The first-order valence-electron chi connectivity index (χ1n) is 10.7. The highest BCUT2D eigenvalue weighted by molar-refractivity contribution is 7.17.